The van der Waals surface area contributed by atoms with Crippen LogP contribution in [-0.2, 0) is 0 Å². The van der Waals surface area contributed by atoms with Crippen LogP contribution in [-0.4, -0.2) is 26.9 Å². The highest BCUT2D eigenvalue weighted by Gasteiger charge is 2.14. The number of hydrogen-bond donors (Lipinski definition) is 2. The first-order valence-corrected chi connectivity index (χ1v) is 5.81. The zero-order valence-electron chi connectivity index (χ0n) is 9.93. The molecule has 1 aromatic heterocycles. The summed E-state index contributed by atoms with van der Waals surface area (Å²) >= 11 is 4.82. The number of thiocarbonyl (C=S) groups is 1. The molecule has 6 heteroatoms. The maximum Gasteiger partial charge on any atom is 0.271 e. The standard InChI is InChI=1S/C11H16N4OS/c1-3-8(4-10(12)17)15-11(16)9-6-13-7(2)5-14-9/h5-6,8H,3-4H2,1-2H3,(H2,12,17)(H,15,16). The van der Waals surface area contributed by atoms with E-state index in [2.05, 4.69) is 15.3 Å². The van der Waals surface area contributed by atoms with Crippen LogP contribution in [0.2, 0.25) is 0 Å². The first kappa shape index (κ1) is 13.5. The lowest BCUT2D eigenvalue weighted by Crippen LogP contribution is -2.37. The maximum atomic E-state index is 11.8. The van der Waals surface area contributed by atoms with E-state index in [1.807, 2.05) is 13.8 Å². The van der Waals surface area contributed by atoms with Crippen LogP contribution < -0.4 is 11.1 Å². The predicted molar refractivity (Wildman–Crippen MR) is 69.7 cm³/mol. The van der Waals surface area contributed by atoms with Gasteiger partial charge in [0.25, 0.3) is 5.91 Å². The molecule has 0 saturated carbocycles. The van der Waals surface area contributed by atoms with Crippen molar-refractivity contribution >= 4 is 23.1 Å². The summed E-state index contributed by atoms with van der Waals surface area (Å²) in [4.78, 5) is 20.2. The Morgan fingerprint density at radius 2 is 2.24 bits per heavy atom. The van der Waals surface area contributed by atoms with Gasteiger partial charge >= 0.3 is 0 Å². The molecule has 0 fully saturated rings. The lowest BCUT2D eigenvalue weighted by atomic mass is 10.1. The molecule has 92 valence electrons. The van der Waals surface area contributed by atoms with E-state index in [0.717, 1.165) is 12.1 Å². The molecule has 0 aliphatic heterocycles. The number of rotatable bonds is 5. The largest absolute Gasteiger partial charge is 0.393 e. The molecule has 1 atom stereocenters. The van der Waals surface area contributed by atoms with Gasteiger partial charge in [0.05, 0.1) is 16.9 Å². The third kappa shape index (κ3) is 4.44. The molecule has 3 N–H and O–H groups in total. The van der Waals surface area contributed by atoms with Crippen LogP contribution in [0, 0.1) is 6.92 Å². The van der Waals surface area contributed by atoms with Gasteiger partial charge in [0.1, 0.15) is 5.69 Å². The average Bonchev–Trinajstić information content (AvgIpc) is 2.28. The second-order valence-electron chi connectivity index (χ2n) is 3.79. The molecule has 5 nitrogen and oxygen atoms in total. The van der Waals surface area contributed by atoms with Crippen LogP contribution in [0.3, 0.4) is 0 Å². The third-order valence-electron chi connectivity index (χ3n) is 2.29. The Bertz CT molecular complexity index is 404. The van der Waals surface area contributed by atoms with E-state index < -0.39 is 0 Å². The topological polar surface area (TPSA) is 80.9 Å². The first-order chi connectivity index (χ1) is 8.02. The van der Waals surface area contributed by atoms with Crippen molar-refractivity contribution in [2.75, 3.05) is 0 Å². The van der Waals surface area contributed by atoms with Crippen LogP contribution in [0.15, 0.2) is 12.4 Å². The van der Waals surface area contributed by atoms with E-state index in [1.165, 1.54) is 6.20 Å². The van der Waals surface area contributed by atoms with Crippen molar-refractivity contribution in [2.24, 2.45) is 5.73 Å². The van der Waals surface area contributed by atoms with Gasteiger partial charge in [0.15, 0.2) is 0 Å². The molecule has 0 radical (unpaired) electrons. The van der Waals surface area contributed by atoms with Crippen molar-refractivity contribution in [1.29, 1.82) is 0 Å². The lowest BCUT2D eigenvalue weighted by molar-refractivity contribution is 0.0931. The first-order valence-electron chi connectivity index (χ1n) is 5.40. The van der Waals surface area contributed by atoms with Gasteiger partial charge in [0, 0.05) is 18.7 Å². The summed E-state index contributed by atoms with van der Waals surface area (Å²) in [6, 6.07) is -0.0527. The number of aromatic nitrogens is 2. The molecule has 0 aromatic carbocycles. The fraction of sp³-hybridized carbons (Fsp3) is 0.455. The molecule has 1 unspecified atom stereocenters. The molecule has 17 heavy (non-hydrogen) atoms. The Balaban J connectivity index is 2.64. The van der Waals surface area contributed by atoms with E-state index in [4.69, 9.17) is 18.0 Å². The Morgan fingerprint density at radius 1 is 1.53 bits per heavy atom. The van der Waals surface area contributed by atoms with Crippen molar-refractivity contribution in [2.45, 2.75) is 32.7 Å². The van der Waals surface area contributed by atoms with Crippen LogP contribution in [0.1, 0.15) is 35.9 Å². The predicted octanol–water partition coefficient (Wildman–Crippen LogP) is 0.970. The molecule has 1 heterocycles. The number of hydrogen-bond acceptors (Lipinski definition) is 4. The number of nitrogens with zero attached hydrogens (tertiary/aromatic N) is 2. The minimum Gasteiger partial charge on any atom is -0.393 e. The SMILES string of the molecule is CCC(CC(N)=S)NC(=O)c1cnc(C)cn1. The van der Waals surface area contributed by atoms with E-state index >= 15 is 0 Å². The molecule has 0 spiro atoms. The zero-order chi connectivity index (χ0) is 12.8. The Morgan fingerprint density at radius 3 is 2.71 bits per heavy atom. The lowest BCUT2D eigenvalue weighted by Gasteiger charge is -2.15. The second-order valence-corrected chi connectivity index (χ2v) is 4.32. The molecular formula is C11H16N4OS. The van der Waals surface area contributed by atoms with E-state index in [9.17, 15) is 4.79 Å². The van der Waals surface area contributed by atoms with Gasteiger partial charge in [-0.15, -0.1) is 0 Å². The van der Waals surface area contributed by atoms with Crippen molar-refractivity contribution in [3.8, 4) is 0 Å². The Kier molecular flexibility index (Phi) is 4.96. The van der Waals surface area contributed by atoms with Crippen molar-refractivity contribution < 1.29 is 4.79 Å². The number of amides is 1. The van der Waals surface area contributed by atoms with Crippen LogP contribution in [0.5, 0.6) is 0 Å². The van der Waals surface area contributed by atoms with Gasteiger partial charge in [-0.3, -0.25) is 9.78 Å². The monoisotopic (exact) mass is 252 g/mol. The minimum atomic E-state index is -0.249. The van der Waals surface area contributed by atoms with Crippen molar-refractivity contribution in [1.82, 2.24) is 15.3 Å². The van der Waals surface area contributed by atoms with Gasteiger partial charge in [-0.25, -0.2) is 4.98 Å². The molecule has 0 bridgehead atoms. The van der Waals surface area contributed by atoms with E-state index in [1.54, 1.807) is 6.20 Å². The highest BCUT2D eigenvalue weighted by Crippen LogP contribution is 2.01. The van der Waals surface area contributed by atoms with Gasteiger partial charge in [-0.2, -0.15) is 0 Å². The van der Waals surface area contributed by atoms with Gasteiger partial charge < -0.3 is 11.1 Å². The molecule has 0 aliphatic carbocycles. The summed E-state index contributed by atoms with van der Waals surface area (Å²) in [6.45, 7) is 3.78. The number of nitrogens with two attached hydrogens (primary N) is 1. The molecule has 1 amide bonds. The van der Waals surface area contributed by atoms with Gasteiger partial charge in [0.2, 0.25) is 0 Å². The second kappa shape index (κ2) is 6.24. The molecule has 0 aliphatic rings. The highest BCUT2D eigenvalue weighted by molar-refractivity contribution is 7.80. The van der Waals surface area contributed by atoms with Crippen molar-refractivity contribution in [3.05, 3.63) is 23.8 Å². The Labute approximate surface area is 106 Å². The highest BCUT2D eigenvalue weighted by atomic mass is 32.1. The fourth-order valence-electron chi connectivity index (χ4n) is 1.31. The van der Waals surface area contributed by atoms with Gasteiger partial charge in [-0.1, -0.05) is 19.1 Å². The molecular weight excluding hydrogens is 236 g/mol. The third-order valence-corrected chi connectivity index (χ3v) is 2.46. The summed E-state index contributed by atoms with van der Waals surface area (Å²) in [5.41, 5.74) is 6.53. The zero-order valence-corrected chi connectivity index (χ0v) is 10.8. The summed E-state index contributed by atoms with van der Waals surface area (Å²) in [5.74, 6) is -0.249. The van der Waals surface area contributed by atoms with E-state index in [0.29, 0.717) is 17.1 Å². The average molecular weight is 252 g/mol. The maximum absolute atomic E-state index is 11.8. The summed E-state index contributed by atoms with van der Waals surface area (Å²) in [7, 11) is 0. The molecule has 1 rings (SSSR count). The number of carbonyl (C=O) groups is 1. The number of aryl methyl sites for hydroxylation is 1. The summed E-state index contributed by atoms with van der Waals surface area (Å²) in [5, 5.41) is 2.82. The normalized spacial score (nSPS) is 11.9. The van der Waals surface area contributed by atoms with E-state index in [-0.39, 0.29) is 11.9 Å². The van der Waals surface area contributed by atoms with Gasteiger partial charge in [-0.05, 0) is 13.3 Å². The quantitative estimate of drug-likeness (QED) is 0.763. The van der Waals surface area contributed by atoms with Crippen LogP contribution >= 0.6 is 12.2 Å². The smallest absolute Gasteiger partial charge is 0.271 e. The summed E-state index contributed by atoms with van der Waals surface area (Å²) in [6.07, 6.45) is 4.28. The summed E-state index contributed by atoms with van der Waals surface area (Å²) < 4.78 is 0. The van der Waals surface area contributed by atoms with Crippen molar-refractivity contribution in [3.63, 3.8) is 0 Å². The minimum absolute atomic E-state index is 0.0527. The van der Waals surface area contributed by atoms with Crippen LogP contribution in [0.25, 0.3) is 0 Å². The fourth-order valence-corrected chi connectivity index (χ4v) is 1.51. The Hall–Kier alpha value is -1.56. The number of nitrogens with one attached hydrogen (secondary N) is 1. The number of carbonyl (C=O) groups excluding carboxylic acids is 1. The molecule has 1 aromatic rings. The molecule has 0 saturated heterocycles. The van der Waals surface area contributed by atoms with Crippen LogP contribution in [0.4, 0.5) is 0 Å².